The van der Waals surface area contributed by atoms with Crippen LogP contribution in [0, 0.1) is 13.8 Å². The average Bonchev–Trinajstić information content (AvgIpc) is 2.64. The van der Waals surface area contributed by atoms with Crippen molar-refractivity contribution in [2.75, 3.05) is 10.0 Å². The number of aryl methyl sites for hydroxylation is 2. The summed E-state index contributed by atoms with van der Waals surface area (Å²) in [5.41, 5.74) is 2.98. The van der Waals surface area contributed by atoms with Crippen molar-refractivity contribution in [3.05, 3.63) is 83.7 Å². The van der Waals surface area contributed by atoms with Gasteiger partial charge in [0.1, 0.15) is 0 Å². The quantitative estimate of drug-likeness (QED) is 0.704. The molecule has 0 bridgehead atoms. The number of nitrogens with zero attached hydrogens (tertiary/aromatic N) is 1. The highest BCUT2D eigenvalue weighted by atomic mass is 32.2. The largest absolute Gasteiger partial charge is 0.321 e. The Hall–Kier alpha value is -3.19. The topological polar surface area (TPSA) is 88.2 Å². The molecule has 0 radical (unpaired) electrons. The Morgan fingerprint density at radius 3 is 2.37 bits per heavy atom. The third-order valence-electron chi connectivity index (χ3n) is 3.99. The molecule has 1 heterocycles. The molecule has 3 rings (SSSR count). The van der Waals surface area contributed by atoms with Crippen LogP contribution in [0.1, 0.15) is 21.5 Å². The molecule has 27 heavy (non-hydrogen) atoms. The number of sulfonamides is 1. The third kappa shape index (κ3) is 4.51. The molecule has 1 amide bonds. The number of hydrogen-bond donors (Lipinski definition) is 2. The van der Waals surface area contributed by atoms with Crippen LogP contribution in [0.4, 0.5) is 11.4 Å². The standard InChI is InChI=1S/C20H19N3O3S/c1-14-5-8-16(9-6-14)23-27(25,26)18-10-7-15(2)19(12-18)20(24)22-17-4-3-11-21-13-17/h3-13,23H,1-2H3,(H,22,24). The van der Waals surface area contributed by atoms with E-state index in [-0.39, 0.29) is 10.5 Å². The first kappa shape index (κ1) is 18.6. The van der Waals surface area contributed by atoms with Gasteiger partial charge in [0, 0.05) is 17.4 Å². The minimum atomic E-state index is -3.81. The van der Waals surface area contributed by atoms with Gasteiger partial charge in [-0.25, -0.2) is 8.42 Å². The maximum atomic E-state index is 12.7. The first-order chi connectivity index (χ1) is 12.8. The number of rotatable bonds is 5. The Morgan fingerprint density at radius 2 is 1.70 bits per heavy atom. The number of pyridine rings is 1. The zero-order chi connectivity index (χ0) is 19.4. The molecular weight excluding hydrogens is 362 g/mol. The molecule has 2 aromatic carbocycles. The summed E-state index contributed by atoms with van der Waals surface area (Å²) in [6.45, 7) is 3.67. The van der Waals surface area contributed by atoms with Gasteiger partial charge in [0.15, 0.2) is 0 Å². The van der Waals surface area contributed by atoms with Crippen molar-refractivity contribution >= 4 is 27.3 Å². The van der Waals surface area contributed by atoms with Gasteiger partial charge in [-0.2, -0.15) is 0 Å². The number of anilines is 2. The third-order valence-corrected chi connectivity index (χ3v) is 5.37. The van der Waals surface area contributed by atoms with E-state index in [1.807, 2.05) is 19.1 Å². The number of benzene rings is 2. The number of aromatic nitrogens is 1. The van der Waals surface area contributed by atoms with Crippen LogP contribution in [0.15, 0.2) is 71.9 Å². The van der Waals surface area contributed by atoms with Gasteiger partial charge in [0.05, 0.1) is 16.8 Å². The summed E-state index contributed by atoms with van der Waals surface area (Å²) in [5.74, 6) is -0.395. The zero-order valence-electron chi connectivity index (χ0n) is 14.9. The number of carbonyl (C=O) groups excluding carboxylic acids is 1. The Balaban J connectivity index is 1.87. The van der Waals surface area contributed by atoms with Crippen molar-refractivity contribution in [1.82, 2.24) is 4.98 Å². The van der Waals surface area contributed by atoms with E-state index in [4.69, 9.17) is 0 Å². The van der Waals surface area contributed by atoms with Crippen LogP contribution in [-0.2, 0) is 10.0 Å². The highest BCUT2D eigenvalue weighted by molar-refractivity contribution is 7.92. The SMILES string of the molecule is Cc1ccc(NS(=O)(=O)c2ccc(C)c(C(=O)Nc3cccnc3)c2)cc1. The first-order valence-electron chi connectivity index (χ1n) is 8.27. The molecule has 0 fully saturated rings. The van der Waals surface area contributed by atoms with Crippen molar-refractivity contribution < 1.29 is 13.2 Å². The Labute approximate surface area is 158 Å². The van der Waals surface area contributed by atoms with Gasteiger partial charge in [-0.05, 0) is 55.8 Å². The monoisotopic (exact) mass is 381 g/mol. The minimum Gasteiger partial charge on any atom is -0.321 e. The normalized spacial score (nSPS) is 11.0. The van der Waals surface area contributed by atoms with E-state index >= 15 is 0 Å². The van der Waals surface area contributed by atoms with E-state index in [1.165, 1.54) is 18.3 Å². The van der Waals surface area contributed by atoms with E-state index in [1.54, 1.807) is 43.5 Å². The van der Waals surface area contributed by atoms with Gasteiger partial charge in [0.2, 0.25) is 0 Å². The summed E-state index contributed by atoms with van der Waals surface area (Å²) in [6.07, 6.45) is 3.12. The summed E-state index contributed by atoms with van der Waals surface area (Å²) in [7, 11) is -3.81. The van der Waals surface area contributed by atoms with Crippen LogP contribution >= 0.6 is 0 Å². The molecule has 0 saturated carbocycles. The molecule has 2 N–H and O–H groups in total. The number of carbonyl (C=O) groups is 1. The fraction of sp³-hybridized carbons (Fsp3) is 0.100. The maximum absolute atomic E-state index is 12.7. The summed E-state index contributed by atoms with van der Waals surface area (Å²) < 4.78 is 27.9. The molecule has 7 heteroatoms. The van der Waals surface area contributed by atoms with Crippen molar-refractivity contribution in [3.63, 3.8) is 0 Å². The number of hydrogen-bond acceptors (Lipinski definition) is 4. The molecule has 0 aliphatic heterocycles. The summed E-state index contributed by atoms with van der Waals surface area (Å²) >= 11 is 0. The van der Waals surface area contributed by atoms with E-state index in [0.29, 0.717) is 16.9 Å². The lowest BCUT2D eigenvalue weighted by Crippen LogP contribution is -2.17. The van der Waals surface area contributed by atoms with Gasteiger partial charge in [-0.1, -0.05) is 23.8 Å². The highest BCUT2D eigenvalue weighted by Gasteiger charge is 2.18. The van der Waals surface area contributed by atoms with Crippen LogP contribution in [0.5, 0.6) is 0 Å². The van der Waals surface area contributed by atoms with Gasteiger partial charge in [-0.15, -0.1) is 0 Å². The summed E-state index contributed by atoms with van der Waals surface area (Å²) in [4.78, 5) is 16.5. The maximum Gasteiger partial charge on any atom is 0.261 e. The molecule has 6 nitrogen and oxygen atoms in total. The molecule has 0 aliphatic carbocycles. The molecule has 0 aliphatic rings. The first-order valence-corrected chi connectivity index (χ1v) is 9.75. The molecule has 3 aromatic rings. The highest BCUT2D eigenvalue weighted by Crippen LogP contribution is 2.20. The second-order valence-electron chi connectivity index (χ2n) is 6.14. The molecule has 0 saturated heterocycles. The van der Waals surface area contributed by atoms with Crippen molar-refractivity contribution in [1.29, 1.82) is 0 Å². The summed E-state index contributed by atoms with van der Waals surface area (Å²) in [5, 5.41) is 2.72. The Kier molecular flexibility index (Phi) is 5.23. The second kappa shape index (κ2) is 7.59. The van der Waals surface area contributed by atoms with Crippen LogP contribution in [-0.4, -0.2) is 19.3 Å². The fourth-order valence-corrected chi connectivity index (χ4v) is 3.57. The van der Waals surface area contributed by atoms with Gasteiger partial charge < -0.3 is 5.32 Å². The van der Waals surface area contributed by atoms with E-state index < -0.39 is 15.9 Å². The van der Waals surface area contributed by atoms with Gasteiger partial charge >= 0.3 is 0 Å². The Morgan fingerprint density at radius 1 is 0.963 bits per heavy atom. The predicted octanol–water partition coefficient (Wildman–Crippen LogP) is 3.75. The lowest BCUT2D eigenvalue weighted by Gasteiger charge is -2.12. The van der Waals surface area contributed by atoms with Crippen LogP contribution in [0.3, 0.4) is 0 Å². The van der Waals surface area contributed by atoms with Crippen molar-refractivity contribution in [3.8, 4) is 0 Å². The molecular formula is C20H19N3O3S. The number of nitrogens with one attached hydrogen (secondary N) is 2. The molecule has 1 aromatic heterocycles. The van der Waals surface area contributed by atoms with E-state index in [9.17, 15) is 13.2 Å². The fourth-order valence-electron chi connectivity index (χ4n) is 2.48. The van der Waals surface area contributed by atoms with Gasteiger partial charge in [0.25, 0.3) is 15.9 Å². The van der Waals surface area contributed by atoms with E-state index in [0.717, 1.165) is 5.56 Å². The van der Waals surface area contributed by atoms with Crippen LogP contribution in [0.25, 0.3) is 0 Å². The van der Waals surface area contributed by atoms with Crippen LogP contribution in [0.2, 0.25) is 0 Å². The molecule has 0 atom stereocenters. The Bertz CT molecular complexity index is 1060. The zero-order valence-corrected chi connectivity index (χ0v) is 15.7. The van der Waals surface area contributed by atoms with E-state index in [2.05, 4.69) is 15.0 Å². The summed E-state index contributed by atoms with van der Waals surface area (Å²) in [6, 6.07) is 14.9. The second-order valence-corrected chi connectivity index (χ2v) is 7.83. The molecule has 138 valence electrons. The number of amides is 1. The predicted molar refractivity (Wildman–Crippen MR) is 105 cm³/mol. The lowest BCUT2D eigenvalue weighted by molar-refractivity contribution is 0.102. The van der Waals surface area contributed by atoms with Gasteiger partial charge in [-0.3, -0.25) is 14.5 Å². The van der Waals surface area contributed by atoms with Crippen molar-refractivity contribution in [2.45, 2.75) is 18.7 Å². The molecule has 0 unspecified atom stereocenters. The van der Waals surface area contributed by atoms with Crippen molar-refractivity contribution in [2.24, 2.45) is 0 Å². The minimum absolute atomic E-state index is 0.0185. The van der Waals surface area contributed by atoms with Crippen LogP contribution < -0.4 is 10.0 Å². The lowest BCUT2D eigenvalue weighted by atomic mass is 10.1. The average molecular weight is 381 g/mol. The smallest absolute Gasteiger partial charge is 0.261 e. The molecule has 0 spiro atoms.